The molecule has 0 atom stereocenters. The number of esters is 1. The summed E-state index contributed by atoms with van der Waals surface area (Å²) in [6.45, 7) is 4.00. The molecule has 1 aliphatic carbocycles. The van der Waals surface area contributed by atoms with Crippen LogP contribution in [0.1, 0.15) is 46.0 Å². The zero-order chi connectivity index (χ0) is 12.1. The van der Waals surface area contributed by atoms with Crippen LogP contribution in [-0.2, 0) is 9.53 Å². The highest BCUT2D eigenvalue weighted by Crippen LogP contribution is 2.24. The van der Waals surface area contributed by atoms with Crippen LogP contribution >= 0.6 is 15.9 Å². The lowest BCUT2D eigenvalue weighted by atomic mass is 9.89. The number of hydrogen-bond acceptors (Lipinski definition) is 2. The Kier molecular flexibility index (Phi) is 15.2. The Morgan fingerprint density at radius 1 is 1.33 bits per heavy atom. The molecule has 1 aliphatic rings. The summed E-state index contributed by atoms with van der Waals surface area (Å²) in [7, 11) is 1.47. The summed E-state index contributed by atoms with van der Waals surface area (Å²) in [5.74, 6) is 0.193. The van der Waals surface area contributed by atoms with E-state index < -0.39 is 0 Å². The SMILES string of the molecule is C#CBr.CC.COC(=O)C1CCCCC1. The summed E-state index contributed by atoms with van der Waals surface area (Å²) >= 11 is 2.67. The van der Waals surface area contributed by atoms with Gasteiger partial charge in [-0.2, -0.15) is 0 Å². The molecule has 0 aromatic heterocycles. The van der Waals surface area contributed by atoms with E-state index in [0.29, 0.717) is 0 Å². The predicted octanol–water partition coefficient (Wildman–Crippen LogP) is 3.74. The number of carbonyl (C=O) groups excluding carboxylic acids is 1. The van der Waals surface area contributed by atoms with E-state index in [9.17, 15) is 4.79 Å². The van der Waals surface area contributed by atoms with Crippen molar-refractivity contribution in [3.05, 3.63) is 0 Å². The first kappa shape index (κ1) is 16.9. The van der Waals surface area contributed by atoms with E-state index in [1.54, 1.807) is 0 Å². The molecule has 2 nitrogen and oxygen atoms in total. The number of carbonyl (C=O) groups is 1. The fraction of sp³-hybridized carbons (Fsp3) is 0.750. The van der Waals surface area contributed by atoms with Gasteiger partial charge in [0.15, 0.2) is 0 Å². The zero-order valence-corrected chi connectivity index (χ0v) is 11.5. The van der Waals surface area contributed by atoms with Crippen LogP contribution in [0.5, 0.6) is 0 Å². The highest BCUT2D eigenvalue weighted by atomic mass is 79.9. The van der Waals surface area contributed by atoms with Crippen LogP contribution in [-0.4, -0.2) is 13.1 Å². The molecule has 0 aromatic rings. The summed E-state index contributed by atoms with van der Waals surface area (Å²) in [6, 6.07) is 0. The van der Waals surface area contributed by atoms with Gasteiger partial charge in [0, 0.05) is 15.9 Å². The van der Waals surface area contributed by atoms with Gasteiger partial charge in [0.05, 0.1) is 13.0 Å². The molecule has 0 N–H and O–H groups in total. The number of hydrogen-bond donors (Lipinski definition) is 0. The third-order valence-corrected chi connectivity index (χ3v) is 2.14. The molecule has 0 spiro atoms. The van der Waals surface area contributed by atoms with Gasteiger partial charge in [0.2, 0.25) is 0 Å². The second-order valence-corrected chi connectivity index (χ2v) is 3.43. The summed E-state index contributed by atoms with van der Waals surface area (Å²) in [4.78, 5) is 13.0. The van der Waals surface area contributed by atoms with E-state index in [2.05, 4.69) is 31.9 Å². The molecule has 0 heterocycles. The topological polar surface area (TPSA) is 26.3 Å². The number of ether oxygens (including phenoxy) is 1. The van der Waals surface area contributed by atoms with Crippen molar-refractivity contribution >= 4 is 21.9 Å². The number of rotatable bonds is 1. The third kappa shape index (κ3) is 9.81. The van der Waals surface area contributed by atoms with Crippen LogP contribution in [0.3, 0.4) is 0 Å². The minimum Gasteiger partial charge on any atom is -0.469 e. The number of halogens is 1. The van der Waals surface area contributed by atoms with Crippen LogP contribution in [0, 0.1) is 17.2 Å². The number of terminal acetylenes is 1. The Morgan fingerprint density at radius 3 is 2.07 bits per heavy atom. The van der Waals surface area contributed by atoms with Crippen molar-refractivity contribution in [1.29, 1.82) is 0 Å². The van der Waals surface area contributed by atoms with E-state index in [1.807, 2.05) is 13.8 Å². The monoisotopic (exact) mass is 276 g/mol. The van der Waals surface area contributed by atoms with Crippen LogP contribution in [0.4, 0.5) is 0 Å². The maximum Gasteiger partial charge on any atom is 0.308 e. The van der Waals surface area contributed by atoms with Crippen LogP contribution < -0.4 is 0 Å². The Bertz CT molecular complexity index is 179. The molecule has 0 unspecified atom stereocenters. The molecular weight excluding hydrogens is 256 g/mol. The second kappa shape index (κ2) is 13.5. The van der Waals surface area contributed by atoms with E-state index in [-0.39, 0.29) is 11.9 Å². The lowest BCUT2D eigenvalue weighted by Gasteiger charge is -2.18. The first-order chi connectivity index (χ1) is 7.26. The van der Waals surface area contributed by atoms with Crippen molar-refractivity contribution in [1.82, 2.24) is 0 Å². The summed E-state index contributed by atoms with van der Waals surface area (Å²) in [5, 5.41) is 0. The Morgan fingerprint density at radius 2 is 1.73 bits per heavy atom. The molecule has 1 fully saturated rings. The minimum absolute atomic E-state index is 0.0142. The molecule has 0 bridgehead atoms. The first-order valence-corrected chi connectivity index (χ1v) is 6.19. The fourth-order valence-corrected chi connectivity index (χ4v) is 1.50. The van der Waals surface area contributed by atoms with E-state index in [1.165, 1.54) is 26.4 Å². The molecule has 1 saturated carbocycles. The van der Waals surface area contributed by atoms with Crippen molar-refractivity contribution < 1.29 is 9.53 Å². The quantitative estimate of drug-likeness (QED) is 0.539. The summed E-state index contributed by atoms with van der Waals surface area (Å²) in [5.41, 5.74) is 0. The summed E-state index contributed by atoms with van der Waals surface area (Å²) in [6.07, 6.45) is 10.3. The van der Waals surface area contributed by atoms with Crippen LogP contribution in [0.2, 0.25) is 0 Å². The van der Waals surface area contributed by atoms with E-state index in [0.717, 1.165) is 12.8 Å². The fourth-order valence-electron chi connectivity index (χ4n) is 1.50. The van der Waals surface area contributed by atoms with Crippen molar-refractivity contribution in [2.45, 2.75) is 46.0 Å². The van der Waals surface area contributed by atoms with Gasteiger partial charge in [-0.15, -0.1) is 6.42 Å². The van der Waals surface area contributed by atoms with Gasteiger partial charge >= 0.3 is 5.97 Å². The Labute approximate surface area is 102 Å². The lowest BCUT2D eigenvalue weighted by Crippen LogP contribution is -2.18. The third-order valence-electron chi connectivity index (χ3n) is 2.14. The van der Waals surface area contributed by atoms with Gasteiger partial charge in [-0.25, -0.2) is 0 Å². The standard InChI is InChI=1S/C8H14O2.C2HBr.C2H6/c1-10-8(9)7-5-3-2-4-6-7;1-2-3;1-2/h7H,2-6H2,1H3;1H;1-2H3. The van der Waals surface area contributed by atoms with E-state index in [4.69, 9.17) is 0 Å². The van der Waals surface area contributed by atoms with Crippen molar-refractivity contribution in [3.63, 3.8) is 0 Å². The lowest BCUT2D eigenvalue weighted by molar-refractivity contribution is -0.146. The molecule has 1 rings (SSSR count). The van der Waals surface area contributed by atoms with Gasteiger partial charge in [0.25, 0.3) is 0 Å². The smallest absolute Gasteiger partial charge is 0.308 e. The highest BCUT2D eigenvalue weighted by molar-refractivity contribution is 9.12. The van der Waals surface area contributed by atoms with E-state index >= 15 is 0 Å². The van der Waals surface area contributed by atoms with Gasteiger partial charge < -0.3 is 4.74 Å². The van der Waals surface area contributed by atoms with Gasteiger partial charge in [-0.05, 0) is 17.7 Å². The molecule has 88 valence electrons. The second-order valence-electron chi connectivity index (χ2n) is 2.97. The van der Waals surface area contributed by atoms with Gasteiger partial charge in [0.1, 0.15) is 0 Å². The molecule has 0 saturated heterocycles. The molecule has 3 heteroatoms. The van der Waals surface area contributed by atoms with Crippen molar-refractivity contribution in [2.24, 2.45) is 5.92 Å². The van der Waals surface area contributed by atoms with Crippen LogP contribution in [0.15, 0.2) is 0 Å². The van der Waals surface area contributed by atoms with Crippen LogP contribution in [0.25, 0.3) is 0 Å². The molecular formula is C12H21BrO2. The minimum atomic E-state index is -0.0142. The molecule has 15 heavy (non-hydrogen) atoms. The maximum atomic E-state index is 10.9. The number of methoxy groups -OCH3 is 1. The maximum absolute atomic E-state index is 10.9. The highest BCUT2D eigenvalue weighted by Gasteiger charge is 2.20. The molecule has 0 aliphatic heterocycles. The van der Waals surface area contributed by atoms with Crippen molar-refractivity contribution in [3.8, 4) is 11.3 Å². The normalized spacial score (nSPS) is 14.6. The summed E-state index contributed by atoms with van der Waals surface area (Å²) < 4.78 is 4.65. The first-order valence-electron chi connectivity index (χ1n) is 5.40. The largest absolute Gasteiger partial charge is 0.469 e. The Balaban J connectivity index is 0. The average Bonchev–Trinajstić information content (AvgIpc) is 2.33. The Hall–Kier alpha value is -0.490. The van der Waals surface area contributed by atoms with Gasteiger partial charge in [-0.3, -0.25) is 4.79 Å². The van der Waals surface area contributed by atoms with Gasteiger partial charge in [-0.1, -0.05) is 33.1 Å². The van der Waals surface area contributed by atoms with Crippen molar-refractivity contribution in [2.75, 3.05) is 7.11 Å². The zero-order valence-electron chi connectivity index (χ0n) is 9.88. The average molecular weight is 277 g/mol. The predicted molar refractivity (Wildman–Crippen MR) is 67.7 cm³/mol. The molecule has 0 radical (unpaired) electrons. The molecule has 0 amide bonds. The molecule has 0 aromatic carbocycles.